The van der Waals surface area contributed by atoms with E-state index in [4.69, 9.17) is 4.42 Å². The summed E-state index contributed by atoms with van der Waals surface area (Å²) in [5.74, 6) is 0. The topological polar surface area (TPSA) is 38.1 Å². The average molecular weight is 437 g/mol. The van der Waals surface area contributed by atoms with E-state index in [1.54, 1.807) is 0 Å². The lowest BCUT2D eigenvalue weighted by molar-refractivity contribution is 0.669. The second-order valence-corrected chi connectivity index (χ2v) is 8.56. The van der Waals surface area contributed by atoms with E-state index in [0.29, 0.717) is 0 Å². The van der Waals surface area contributed by atoms with Gasteiger partial charge < -0.3 is 9.73 Å². The highest BCUT2D eigenvalue weighted by atomic mass is 16.3. The summed E-state index contributed by atoms with van der Waals surface area (Å²) in [7, 11) is 0. The third-order valence-electron chi connectivity index (χ3n) is 6.51. The molecule has 7 rings (SSSR count). The number of nitrogens with zero attached hydrogens (tertiary/aromatic N) is 1. The monoisotopic (exact) mass is 436 g/mol. The minimum absolute atomic E-state index is 0.816. The van der Waals surface area contributed by atoms with Gasteiger partial charge in [-0.3, -0.25) is 4.98 Å². The number of nitrogens with one attached hydrogen (secondary N) is 1. The van der Waals surface area contributed by atoms with Gasteiger partial charge in [-0.25, -0.2) is 0 Å². The van der Waals surface area contributed by atoms with E-state index in [0.717, 1.165) is 33.3 Å². The zero-order valence-corrected chi connectivity index (χ0v) is 18.3. The summed E-state index contributed by atoms with van der Waals surface area (Å²) in [6.45, 7) is 0. The van der Waals surface area contributed by atoms with Crippen LogP contribution in [0.25, 0.3) is 54.6 Å². The highest BCUT2D eigenvalue weighted by Gasteiger charge is 2.13. The molecule has 2 heterocycles. The molecule has 0 bridgehead atoms. The Morgan fingerprint density at radius 3 is 2.15 bits per heavy atom. The largest absolute Gasteiger partial charge is 0.454 e. The van der Waals surface area contributed by atoms with E-state index in [1.165, 1.54) is 32.7 Å². The average Bonchev–Trinajstić information content (AvgIpc) is 3.28. The first-order valence-corrected chi connectivity index (χ1v) is 11.4. The Morgan fingerprint density at radius 1 is 0.559 bits per heavy atom. The van der Waals surface area contributed by atoms with Crippen LogP contribution in [0.2, 0.25) is 0 Å². The van der Waals surface area contributed by atoms with Crippen LogP contribution in [0.15, 0.2) is 120 Å². The number of aromatic nitrogens is 1. The van der Waals surface area contributed by atoms with E-state index in [9.17, 15) is 0 Å². The zero-order valence-electron chi connectivity index (χ0n) is 18.3. The van der Waals surface area contributed by atoms with E-state index in [2.05, 4.69) is 95.2 Å². The standard InChI is InChI=1S/C31H20N2O/c1-3-11-23-20(8-1)10-7-14-25(23)27-17-22(16-21-9-2-4-12-24(21)27)33-29-19-32-18-28-26-13-5-6-15-30(26)34-31(28)29/h1-19,33H. The fourth-order valence-electron chi connectivity index (χ4n) is 4.95. The van der Waals surface area contributed by atoms with Crippen molar-refractivity contribution in [2.45, 2.75) is 0 Å². The summed E-state index contributed by atoms with van der Waals surface area (Å²) < 4.78 is 6.21. The molecule has 0 aliphatic carbocycles. The Morgan fingerprint density at radius 2 is 1.26 bits per heavy atom. The molecule has 0 fully saturated rings. The van der Waals surface area contributed by atoms with Gasteiger partial charge in [0.15, 0.2) is 5.58 Å². The summed E-state index contributed by atoms with van der Waals surface area (Å²) >= 11 is 0. The highest BCUT2D eigenvalue weighted by molar-refractivity contribution is 6.10. The molecule has 0 spiro atoms. The molecule has 0 aliphatic rings. The van der Waals surface area contributed by atoms with Gasteiger partial charge in [0.05, 0.1) is 6.20 Å². The highest BCUT2D eigenvalue weighted by Crippen LogP contribution is 2.38. The van der Waals surface area contributed by atoms with Crippen LogP contribution in [0.3, 0.4) is 0 Å². The van der Waals surface area contributed by atoms with E-state index < -0.39 is 0 Å². The molecule has 160 valence electrons. The molecular weight excluding hydrogens is 416 g/mol. The van der Waals surface area contributed by atoms with Gasteiger partial charge in [-0.15, -0.1) is 0 Å². The number of furan rings is 1. The molecule has 0 amide bonds. The van der Waals surface area contributed by atoms with E-state index in [-0.39, 0.29) is 0 Å². The maximum Gasteiger partial charge on any atom is 0.161 e. The smallest absolute Gasteiger partial charge is 0.161 e. The number of rotatable bonds is 3. The summed E-state index contributed by atoms with van der Waals surface area (Å²) in [5, 5.41) is 10.6. The van der Waals surface area contributed by atoms with Gasteiger partial charge in [0.1, 0.15) is 11.3 Å². The van der Waals surface area contributed by atoms with Crippen LogP contribution < -0.4 is 5.32 Å². The Balaban J connectivity index is 1.44. The lowest BCUT2D eigenvalue weighted by Gasteiger charge is -2.14. The second kappa shape index (κ2) is 7.46. The van der Waals surface area contributed by atoms with Crippen molar-refractivity contribution in [2.75, 3.05) is 5.32 Å². The van der Waals surface area contributed by atoms with E-state index >= 15 is 0 Å². The number of pyridine rings is 1. The minimum atomic E-state index is 0.816. The van der Waals surface area contributed by atoms with Crippen LogP contribution in [0, 0.1) is 0 Å². The van der Waals surface area contributed by atoms with Crippen LogP contribution in [-0.2, 0) is 0 Å². The van der Waals surface area contributed by atoms with Crippen molar-refractivity contribution >= 4 is 54.9 Å². The predicted molar refractivity (Wildman–Crippen MR) is 142 cm³/mol. The van der Waals surface area contributed by atoms with Crippen LogP contribution in [-0.4, -0.2) is 4.98 Å². The van der Waals surface area contributed by atoms with Crippen LogP contribution >= 0.6 is 0 Å². The molecule has 0 saturated heterocycles. The van der Waals surface area contributed by atoms with Gasteiger partial charge >= 0.3 is 0 Å². The van der Waals surface area contributed by atoms with Crippen molar-refractivity contribution in [1.82, 2.24) is 4.98 Å². The van der Waals surface area contributed by atoms with Gasteiger partial charge in [0.2, 0.25) is 0 Å². The third-order valence-corrected chi connectivity index (χ3v) is 6.51. The molecular formula is C31H20N2O. The van der Waals surface area contributed by atoms with Gasteiger partial charge in [-0.05, 0) is 50.9 Å². The molecule has 3 nitrogen and oxygen atoms in total. The molecule has 34 heavy (non-hydrogen) atoms. The summed E-state index contributed by atoms with van der Waals surface area (Å²) in [5.41, 5.74) is 5.95. The van der Waals surface area contributed by atoms with Gasteiger partial charge in [0, 0.05) is 22.7 Å². The molecule has 1 N–H and O–H groups in total. The SMILES string of the molecule is c1ccc2c(-c3cc(Nc4cncc5c4oc4ccccc45)cc4ccccc34)cccc2c1. The van der Waals surface area contributed by atoms with Crippen LogP contribution in [0.1, 0.15) is 0 Å². The summed E-state index contributed by atoms with van der Waals surface area (Å²) in [6, 6.07) is 36.1. The van der Waals surface area contributed by atoms with E-state index in [1.807, 2.05) is 30.6 Å². The second-order valence-electron chi connectivity index (χ2n) is 8.56. The quantitative estimate of drug-likeness (QED) is 0.301. The first-order valence-electron chi connectivity index (χ1n) is 11.4. The molecule has 2 aromatic heterocycles. The number of para-hydroxylation sites is 1. The lowest BCUT2D eigenvalue weighted by atomic mass is 9.93. The van der Waals surface area contributed by atoms with Gasteiger partial charge in [-0.1, -0.05) is 84.9 Å². The number of anilines is 2. The molecule has 0 aliphatic heterocycles. The molecule has 0 radical (unpaired) electrons. The first kappa shape index (κ1) is 18.9. The molecule has 5 aromatic carbocycles. The number of fused-ring (bicyclic) bond motifs is 5. The van der Waals surface area contributed by atoms with Crippen LogP contribution in [0.5, 0.6) is 0 Å². The van der Waals surface area contributed by atoms with Crippen molar-refractivity contribution in [3.63, 3.8) is 0 Å². The fourth-order valence-corrected chi connectivity index (χ4v) is 4.95. The Hall–Kier alpha value is -4.63. The number of benzene rings is 5. The Labute approximate surface area is 196 Å². The maximum absolute atomic E-state index is 6.21. The van der Waals surface area contributed by atoms with Gasteiger partial charge in [0.25, 0.3) is 0 Å². The molecule has 0 atom stereocenters. The summed E-state index contributed by atoms with van der Waals surface area (Å²) in [4.78, 5) is 4.49. The third kappa shape index (κ3) is 2.95. The van der Waals surface area contributed by atoms with Gasteiger partial charge in [-0.2, -0.15) is 0 Å². The Kier molecular flexibility index (Phi) is 4.15. The first-order chi connectivity index (χ1) is 16.8. The van der Waals surface area contributed by atoms with Crippen molar-refractivity contribution < 1.29 is 4.42 Å². The molecule has 0 unspecified atom stereocenters. The fraction of sp³-hybridized carbons (Fsp3) is 0. The molecule has 0 saturated carbocycles. The normalized spacial score (nSPS) is 11.5. The maximum atomic E-state index is 6.21. The zero-order chi connectivity index (χ0) is 22.5. The Bertz CT molecular complexity index is 1840. The number of hydrogen-bond donors (Lipinski definition) is 1. The molecule has 7 aromatic rings. The van der Waals surface area contributed by atoms with Crippen molar-refractivity contribution in [1.29, 1.82) is 0 Å². The van der Waals surface area contributed by atoms with Crippen molar-refractivity contribution in [3.05, 3.63) is 116 Å². The minimum Gasteiger partial charge on any atom is -0.454 e. The lowest BCUT2D eigenvalue weighted by Crippen LogP contribution is -1.94. The molecule has 3 heteroatoms. The predicted octanol–water partition coefficient (Wildman–Crippen LogP) is 8.70. The number of hydrogen-bond acceptors (Lipinski definition) is 3. The summed E-state index contributed by atoms with van der Waals surface area (Å²) in [6.07, 6.45) is 3.70. The van der Waals surface area contributed by atoms with Crippen molar-refractivity contribution in [2.24, 2.45) is 0 Å². The van der Waals surface area contributed by atoms with Crippen LogP contribution in [0.4, 0.5) is 11.4 Å². The van der Waals surface area contributed by atoms with Crippen molar-refractivity contribution in [3.8, 4) is 11.1 Å².